The van der Waals surface area contributed by atoms with Crippen LogP contribution in [0.25, 0.3) is 0 Å². The largest absolute Gasteiger partial charge is 0.472 e. The lowest BCUT2D eigenvalue weighted by Crippen LogP contribution is -2.22. The Kier molecular flexibility index (Phi) is 4.77. The minimum atomic E-state index is -3.27. The molecular formula is C14H16N2O4S. The minimum Gasteiger partial charge on any atom is -0.472 e. The van der Waals surface area contributed by atoms with Crippen LogP contribution in [0, 0.1) is 0 Å². The molecule has 0 bridgehead atoms. The SMILES string of the molecule is CNS(=O)(=O)Cc1ccc(CNC(=O)c2ccoc2)cc1. The Morgan fingerprint density at radius 2 is 1.81 bits per heavy atom. The predicted octanol–water partition coefficient (Wildman–Crippen LogP) is 1.26. The molecule has 0 radical (unpaired) electrons. The van der Waals surface area contributed by atoms with Crippen LogP contribution in [0.5, 0.6) is 0 Å². The summed E-state index contributed by atoms with van der Waals surface area (Å²) in [5, 5.41) is 2.75. The van der Waals surface area contributed by atoms with Crippen molar-refractivity contribution in [3.63, 3.8) is 0 Å². The first-order valence-corrected chi connectivity index (χ1v) is 7.95. The van der Waals surface area contributed by atoms with Crippen molar-refractivity contribution in [3.8, 4) is 0 Å². The first kappa shape index (κ1) is 15.3. The molecule has 0 spiro atoms. The highest BCUT2D eigenvalue weighted by Gasteiger charge is 2.09. The van der Waals surface area contributed by atoms with Gasteiger partial charge >= 0.3 is 0 Å². The van der Waals surface area contributed by atoms with Gasteiger partial charge in [-0.05, 0) is 24.2 Å². The van der Waals surface area contributed by atoms with Crippen LogP contribution in [0.1, 0.15) is 21.5 Å². The Labute approximate surface area is 123 Å². The van der Waals surface area contributed by atoms with Gasteiger partial charge in [0.05, 0.1) is 17.6 Å². The maximum Gasteiger partial charge on any atom is 0.254 e. The molecule has 112 valence electrons. The van der Waals surface area contributed by atoms with Gasteiger partial charge in [-0.25, -0.2) is 13.1 Å². The predicted molar refractivity (Wildman–Crippen MR) is 78.0 cm³/mol. The molecule has 0 aliphatic rings. The summed E-state index contributed by atoms with van der Waals surface area (Å²) in [6, 6.07) is 8.62. The van der Waals surface area contributed by atoms with Crippen molar-refractivity contribution < 1.29 is 17.6 Å². The lowest BCUT2D eigenvalue weighted by molar-refractivity contribution is 0.0950. The zero-order valence-corrected chi connectivity index (χ0v) is 12.3. The van der Waals surface area contributed by atoms with Crippen molar-refractivity contribution in [2.45, 2.75) is 12.3 Å². The highest BCUT2D eigenvalue weighted by molar-refractivity contribution is 7.88. The Bertz CT molecular complexity index is 691. The molecule has 0 atom stereocenters. The molecule has 1 heterocycles. The molecule has 7 heteroatoms. The maximum atomic E-state index is 11.7. The lowest BCUT2D eigenvalue weighted by atomic mass is 10.1. The van der Waals surface area contributed by atoms with E-state index >= 15 is 0 Å². The lowest BCUT2D eigenvalue weighted by Gasteiger charge is -2.06. The molecule has 0 aliphatic carbocycles. The van der Waals surface area contributed by atoms with E-state index in [0.29, 0.717) is 17.7 Å². The second-order valence-corrected chi connectivity index (χ2v) is 6.40. The number of amides is 1. The molecule has 0 aliphatic heterocycles. The molecule has 6 nitrogen and oxygen atoms in total. The number of carbonyl (C=O) groups is 1. The number of hydrogen-bond acceptors (Lipinski definition) is 4. The van der Waals surface area contributed by atoms with E-state index in [4.69, 9.17) is 4.42 Å². The number of furan rings is 1. The quantitative estimate of drug-likeness (QED) is 0.841. The Morgan fingerprint density at radius 1 is 1.14 bits per heavy atom. The fraction of sp³-hybridized carbons (Fsp3) is 0.214. The number of sulfonamides is 1. The minimum absolute atomic E-state index is 0.0643. The maximum absolute atomic E-state index is 11.7. The molecule has 0 fully saturated rings. The van der Waals surface area contributed by atoms with Crippen molar-refractivity contribution in [1.82, 2.24) is 10.0 Å². The number of nitrogens with one attached hydrogen (secondary N) is 2. The van der Waals surface area contributed by atoms with Gasteiger partial charge in [0.25, 0.3) is 5.91 Å². The van der Waals surface area contributed by atoms with E-state index < -0.39 is 10.0 Å². The highest BCUT2D eigenvalue weighted by Crippen LogP contribution is 2.08. The summed E-state index contributed by atoms with van der Waals surface area (Å²) in [7, 11) is -1.89. The van der Waals surface area contributed by atoms with E-state index in [0.717, 1.165) is 5.56 Å². The van der Waals surface area contributed by atoms with Gasteiger partial charge in [-0.15, -0.1) is 0 Å². The van der Waals surface area contributed by atoms with Crippen LogP contribution in [0.15, 0.2) is 47.3 Å². The van der Waals surface area contributed by atoms with Gasteiger partial charge in [0, 0.05) is 6.54 Å². The summed E-state index contributed by atoms with van der Waals surface area (Å²) in [5.74, 6) is -0.281. The van der Waals surface area contributed by atoms with Gasteiger partial charge in [-0.2, -0.15) is 0 Å². The third-order valence-corrected chi connectivity index (χ3v) is 4.26. The van der Waals surface area contributed by atoms with Crippen LogP contribution in [-0.2, 0) is 22.3 Å². The van der Waals surface area contributed by atoms with Crippen LogP contribution in [-0.4, -0.2) is 21.4 Å². The third-order valence-electron chi connectivity index (χ3n) is 2.93. The number of benzene rings is 1. The van der Waals surface area contributed by atoms with Gasteiger partial charge in [0.1, 0.15) is 6.26 Å². The average Bonchev–Trinajstić information content (AvgIpc) is 3.00. The Hall–Kier alpha value is -2.12. The summed E-state index contributed by atoms with van der Waals surface area (Å²) < 4.78 is 29.9. The van der Waals surface area contributed by atoms with Crippen molar-refractivity contribution in [2.24, 2.45) is 0 Å². The van der Waals surface area contributed by atoms with Gasteiger partial charge in [-0.1, -0.05) is 24.3 Å². The standard InChI is InChI=1S/C14H16N2O4S/c1-15-21(18,19)10-12-4-2-11(3-5-12)8-16-14(17)13-6-7-20-9-13/h2-7,9,15H,8,10H2,1H3,(H,16,17). The summed E-state index contributed by atoms with van der Waals surface area (Å²) in [5.41, 5.74) is 2.04. The monoisotopic (exact) mass is 308 g/mol. The highest BCUT2D eigenvalue weighted by atomic mass is 32.2. The van der Waals surface area contributed by atoms with Crippen LogP contribution in [0.4, 0.5) is 0 Å². The van der Waals surface area contributed by atoms with Crippen molar-refractivity contribution in [1.29, 1.82) is 0 Å². The van der Waals surface area contributed by atoms with Gasteiger partial charge in [0.2, 0.25) is 10.0 Å². The van der Waals surface area contributed by atoms with Crippen molar-refractivity contribution >= 4 is 15.9 Å². The molecule has 2 rings (SSSR count). The number of carbonyl (C=O) groups excluding carboxylic acids is 1. The topological polar surface area (TPSA) is 88.4 Å². The van der Waals surface area contributed by atoms with Gasteiger partial charge < -0.3 is 9.73 Å². The second kappa shape index (κ2) is 6.55. The zero-order valence-electron chi connectivity index (χ0n) is 11.5. The molecule has 0 saturated carbocycles. The van der Waals surface area contributed by atoms with Crippen LogP contribution >= 0.6 is 0 Å². The number of hydrogen-bond donors (Lipinski definition) is 2. The number of rotatable bonds is 6. The molecule has 2 N–H and O–H groups in total. The van der Waals surface area contributed by atoms with E-state index in [9.17, 15) is 13.2 Å². The van der Waals surface area contributed by atoms with E-state index in [2.05, 4.69) is 10.0 Å². The second-order valence-electron chi connectivity index (χ2n) is 4.47. The van der Waals surface area contributed by atoms with Crippen molar-refractivity contribution in [2.75, 3.05) is 7.05 Å². The smallest absolute Gasteiger partial charge is 0.254 e. The first-order valence-electron chi connectivity index (χ1n) is 6.29. The molecule has 1 aromatic heterocycles. The van der Waals surface area contributed by atoms with E-state index in [1.54, 1.807) is 30.3 Å². The first-order chi connectivity index (χ1) is 10.00. The van der Waals surface area contributed by atoms with Crippen LogP contribution in [0.3, 0.4) is 0 Å². The van der Waals surface area contributed by atoms with Crippen LogP contribution < -0.4 is 10.0 Å². The van der Waals surface area contributed by atoms with E-state index in [-0.39, 0.29) is 11.7 Å². The fourth-order valence-corrected chi connectivity index (χ4v) is 2.50. The summed E-state index contributed by atoms with van der Waals surface area (Å²) in [6.45, 7) is 0.364. The van der Waals surface area contributed by atoms with E-state index in [1.165, 1.54) is 19.6 Å². The van der Waals surface area contributed by atoms with Crippen LogP contribution in [0.2, 0.25) is 0 Å². The third kappa shape index (κ3) is 4.44. The van der Waals surface area contributed by atoms with Gasteiger partial charge in [-0.3, -0.25) is 4.79 Å². The van der Waals surface area contributed by atoms with Gasteiger partial charge in [0.15, 0.2) is 0 Å². The molecule has 1 amide bonds. The summed E-state index contributed by atoms with van der Waals surface area (Å²) in [6.07, 6.45) is 2.81. The Balaban J connectivity index is 1.92. The molecular weight excluding hydrogens is 292 g/mol. The Morgan fingerprint density at radius 3 is 2.38 bits per heavy atom. The van der Waals surface area contributed by atoms with E-state index in [1.807, 2.05) is 0 Å². The fourth-order valence-electron chi connectivity index (χ4n) is 1.72. The molecule has 1 aromatic carbocycles. The van der Waals surface area contributed by atoms with Crippen molar-refractivity contribution in [3.05, 3.63) is 59.5 Å². The summed E-state index contributed by atoms with van der Waals surface area (Å²) in [4.78, 5) is 11.7. The molecule has 21 heavy (non-hydrogen) atoms. The average molecular weight is 308 g/mol. The zero-order chi connectivity index (χ0) is 15.3. The normalized spacial score (nSPS) is 11.3. The molecule has 0 unspecified atom stereocenters. The molecule has 2 aromatic rings. The molecule has 0 saturated heterocycles. The summed E-state index contributed by atoms with van der Waals surface area (Å²) >= 11 is 0.